The van der Waals surface area contributed by atoms with Crippen molar-refractivity contribution >= 4 is 22.8 Å². The lowest BCUT2D eigenvalue weighted by molar-refractivity contribution is -0.142. The highest BCUT2D eigenvalue weighted by atomic mass is 16.5. The molecule has 2 amide bonds. The van der Waals surface area contributed by atoms with Gasteiger partial charge in [-0.15, -0.1) is 5.10 Å². The second-order valence-corrected chi connectivity index (χ2v) is 10.3. The van der Waals surface area contributed by atoms with E-state index in [1.54, 1.807) is 42.0 Å². The zero-order valence-corrected chi connectivity index (χ0v) is 23.2. The Hall–Kier alpha value is -4.40. The summed E-state index contributed by atoms with van der Waals surface area (Å²) in [5.74, 6) is 0.590. The van der Waals surface area contributed by atoms with Crippen molar-refractivity contribution < 1.29 is 19.1 Å². The Morgan fingerprint density at radius 1 is 1.00 bits per heavy atom. The van der Waals surface area contributed by atoms with Crippen molar-refractivity contribution in [3.05, 3.63) is 83.4 Å². The van der Waals surface area contributed by atoms with Crippen molar-refractivity contribution in [1.82, 2.24) is 25.2 Å². The number of carbonyl (C=O) groups is 2. The van der Waals surface area contributed by atoms with Gasteiger partial charge in [-0.05, 0) is 55.2 Å². The van der Waals surface area contributed by atoms with Gasteiger partial charge < -0.3 is 19.7 Å². The minimum absolute atomic E-state index is 0.0688. The summed E-state index contributed by atoms with van der Waals surface area (Å²) in [6, 6.07) is 20.0. The smallest absolute Gasteiger partial charge is 0.247 e. The highest BCUT2D eigenvalue weighted by Crippen LogP contribution is 2.32. The molecule has 3 aromatic carbocycles. The van der Waals surface area contributed by atoms with Gasteiger partial charge in [-0.1, -0.05) is 60.0 Å². The van der Waals surface area contributed by atoms with E-state index in [-0.39, 0.29) is 30.9 Å². The third-order valence-electron chi connectivity index (χ3n) is 7.45. The van der Waals surface area contributed by atoms with Crippen LogP contribution in [0.3, 0.4) is 0 Å². The SMILES string of the molecule is COc1cc(OC)cc([C@H](C(=O)NC2CCCC2)N(Cc2ccc(C)cc2)C(=O)Cn2nnc3ccccc32)c1. The van der Waals surface area contributed by atoms with Gasteiger partial charge in [0, 0.05) is 18.7 Å². The summed E-state index contributed by atoms with van der Waals surface area (Å²) in [6.45, 7) is 2.18. The van der Waals surface area contributed by atoms with E-state index >= 15 is 0 Å². The summed E-state index contributed by atoms with van der Waals surface area (Å²) in [7, 11) is 3.13. The van der Waals surface area contributed by atoms with Crippen LogP contribution in [-0.2, 0) is 22.7 Å². The van der Waals surface area contributed by atoms with Crippen molar-refractivity contribution in [3.8, 4) is 11.5 Å². The molecule has 0 bridgehead atoms. The number of nitrogens with zero attached hydrogens (tertiary/aromatic N) is 4. The number of benzene rings is 3. The fourth-order valence-electron chi connectivity index (χ4n) is 5.28. The number of fused-ring (bicyclic) bond motifs is 1. The predicted octanol–water partition coefficient (Wildman–Crippen LogP) is 4.59. The molecule has 0 radical (unpaired) electrons. The van der Waals surface area contributed by atoms with Crippen LogP contribution < -0.4 is 14.8 Å². The fraction of sp³-hybridized carbons (Fsp3) is 0.355. The maximum Gasteiger partial charge on any atom is 0.247 e. The Morgan fingerprint density at radius 2 is 1.68 bits per heavy atom. The number of para-hydroxylation sites is 1. The summed E-state index contributed by atoms with van der Waals surface area (Å²) in [6.07, 6.45) is 4.01. The number of amides is 2. The molecule has 1 heterocycles. The maximum absolute atomic E-state index is 14.2. The number of aryl methyl sites for hydroxylation is 1. The number of hydrogen-bond donors (Lipinski definition) is 1. The lowest BCUT2D eigenvalue weighted by Gasteiger charge is -2.33. The molecule has 40 heavy (non-hydrogen) atoms. The lowest BCUT2D eigenvalue weighted by atomic mass is 10.0. The van der Waals surface area contributed by atoms with Gasteiger partial charge in [-0.3, -0.25) is 9.59 Å². The first-order valence-corrected chi connectivity index (χ1v) is 13.6. The van der Waals surface area contributed by atoms with Gasteiger partial charge in [0.1, 0.15) is 29.6 Å². The van der Waals surface area contributed by atoms with Crippen LogP contribution in [0.4, 0.5) is 0 Å². The van der Waals surface area contributed by atoms with Gasteiger partial charge >= 0.3 is 0 Å². The van der Waals surface area contributed by atoms with Crippen LogP contribution in [0.2, 0.25) is 0 Å². The number of methoxy groups -OCH3 is 2. The standard InChI is InChI=1S/C31H35N5O4/c1-21-12-14-22(15-13-21)19-35(29(37)20-36-28-11-7-6-10-27(28)33-34-36)30(31(38)32-24-8-4-5-9-24)23-16-25(39-2)18-26(17-23)40-3/h6-7,10-18,24,30H,4-5,8-9,19-20H2,1-3H3,(H,32,38)/t30-/m1/s1. The third kappa shape index (κ3) is 6.09. The highest BCUT2D eigenvalue weighted by Gasteiger charge is 2.34. The van der Waals surface area contributed by atoms with Gasteiger partial charge in [0.15, 0.2) is 0 Å². The molecular formula is C31H35N5O4. The Bertz CT molecular complexity index is 1450. The first-order chi connectivity index (χ1) is 19.4. The number of rotatable bonds is 10. The van der Waals surface area contributed by atoms with Gasteiger partial charge in [-0.25, -0.2) is 4.68 Å². The van der Waals surface area contributed by atoms with Crippen LogP contribution in [0.5, 0.6) is 11.5 Å². The minimum atomic E-state index is -0.923. The molecule has 0 spiro atoms. The van der Waals surface area contributed by atoms with Crippen molar-refractivity contribution in [2.24, 2.45) is 0 Å². The van der Waals surface area contributed by atoms with Crippen LogP contribution in [0, 0.1) is 6.92 Å². The van der Waals surface area contributed by atoms with Gasteiger partial charge in [-0.2, -0.15) is 0 Å². The van der Waals surface area contributed by atoms with Gasteiger partial charge in [0.2, 0.25) is 11.8 Å². The van der Waals surface area contributed by atoms with E-state index in [0.717, 1.165) is 42.3 Å². The van der Waals surface area contributed by atoms with Crippen LogP contribution in [0.15, 0.2) is 66.7 Å². The van der Waals surface area contributed by atoms with Crippen molar-refractivity contribution in [2.75, 3.05) is 14.2 Å². The quantitative estimate of drug-likeness (QED) is 0.316. The van der Waals surface area contributed by atoms with E-state index in [2.05, 4.69) is 15.6 Å². The number of ether oxygens (including phenoxy) is 2. The molecule has 9 nitrogen and oxygen atoms in total. The normalized spacial score (nSPS) is 14.2. The molecule has 1 aliphatic rings. The number of hydrogen-bond acceptors (Lipinski definition) is 6. The Labute approximate surface area is 234 Å². The Morgan fingerprint density at radius 3 is 2.35 bits per heavy atom. The summed E-state index contributed by atoms with van der Waals surface area (Å²) >= 11 is 0. The number of aromatic nitrogens is 3. The van der Waals surface area contributed by atoms with Crippen molar-refractivity contribution in [1.29, 1.82) is 0 Å². The van der Waals surface area contributed by atoms with E-state index in [1.807, 2.05) is 55.5 Å². The topological polar surface area (TPSA) is 98.6 Å². The molecule has 1 N–H and O–H groups in total. The molecule has 1 fully saturated rings. The fourth-order valence-corrected chi connectivity index (χ4v) is 5.28. The molecule has 1 aliphatic carbocycles. The summed E-state index contributed by atoms with van der Waals surface area (Å²) in [5, 5.41) is 11.7. The second-order valence-electron chi connectivity index (χ2n) is 10.3. The van der Waals surface area contributed by atoms with Crippen LogP contribution in [-0.4, -0.2) is 52.0 Å². The van der Waals surface area contributed by atoms with Crippen molar-refractivity contribution in [2.45, 2.75) is 57.8 Å². The molecule has 0 unspecified atom stereocenters. The average molecular weight is 542 g/mol. The lowest BCUT2D eigenvalue weighted by Crippen LogP contribution is -2.46. The van der Waals surface area contributed by atoms with Crippen molar-refractivity contribution in [3.63, 3.8) is 0 Å². The zero-order valence-electron chi connectivity index (χ0n) is 23.2. The molecule has 4 aromatic rings. The summed E-state index contributed by atoms with van der Waals surface area (Å²) in [4.78, 5) is 29.9. The molecule has 208 valence electrons. The monoisotopic (exact) mass is 541 g/mol. The predicted molar refractivity (Wildman–Crippen MR) is 152 cm³/mol. The molecule has 1 aromatic heterocycles. The van der Waals surface area contributed by atoms with Crippen LogP contribution in [0.25, 0.3) is 11.0 Å². The number of carbonyl (C=O) groups excluding carboxylic acids is 2. The molecule has 9 heteroatoms. The van der Waals surface area contributed by atoms with E-state index in [4.69, 9.17) is 9.47 Å². The van der Waals surface area contributed by atoms with E-state index in [1.165, 1.54) is 0 Å². The first kappa shape index (κ1) is 27.2. The second kappa shape index (κ2) is 12.2. The molecule has 1 atom stereocenters. The maximum atomic E-state index is 14.2. The van der Waals surface area contributed by atoms with Gasteiger partial charge in [0.25, 0.3) is 0 Å². The molecule has 1 saturated carbocycles. The first-order valence-electron chi connectivity index (χ1n) is 13.6. The molecule has 0 aliphatic heterocycles. The largest absolute Gasteiger partial charge is 0.497 e. The number of nitrogens with one attached hydrogen (secondary N) is 1. The third-order valence-corrected chi connectivity index (χ3v) is 7.45. The van der Waals surface area contributed by atoms with Gasteiger partial charge in [0.05, 0.1) is 19.7 Å². The molecular weight excluding hydrogens is 506 g/mol. The van der Waals surface area contributed by atoms with E-state index in [9.17, 15) is 9.59 Å². The molecule has 5 rings (SSSR count). The minimum Gasteiger partial charge on any atom is -0.497 e. The van der Waals surface area contributed by atoms with Crippen LogP contribution >= 0.6 is 0 Å². The molecule has 0 saturated heterocycles. The Balaban J connectivity index is 1.57. The van der Waals surface area contributed by atoms with Crippen LogP contribution in [0.1, 0.15) is 48.4 Å². The zero-order chi connectivity index (χ0) is 28.1. The summed E-state index contributed by atoms with van der Waals surface area (Å²) in [5.41, 5.74) is 4.09. The van der Waals surface area contributed by atoms with E-state index < -0.39 is 6.04 Å². The highest BCUT2D eigenvalue weighted by molar-refractivity contribution is 5.89. The van der Waals surface area contributed by atoms with E-state index in [0.29, 0.717) is 22.6 Å². The average Bonchev–Trinajstić information content (AvgIpc) is 3.63. The Kier molecular flexibility index (Phi) is 8.28. The summed E-state index contributed by atoms with van der Waals surface area (Å²) < 4.78 is 12.6.